The topological polar surface area (TPSA) is 75.5 Å². The Labute approximate surface area is 191 Å². The summed E-state index contributed by atoms with van der Waals surface area (Å²) < 4.78 is 6.03. The number of halogens is 1. The summed E-state index contributed by atoms with van der Waals surface area (Å²) in [6, 6.07) is 26.6. The maximum atomic E-state index is 8.70. The summed E-state index contributed by atoms with van der Waals surface area (Å²) in [6.07, 6.45) is 3.53. The van der Waals surface area contributed by atoms with Gasteiger partial charge in [0, 0.05) is 18.0 Å². The lowest BCUT2D eigenvalue weighted by atomic mass is 9.80. The van der Waals surface area contributed by atoms with Crippen LogP contribution in [-0.4, -0.2) is 34.2 Å². The summed E-state index contributed by atoms with van der Waals surface area (Å²) in [6.45, 7) is 1.91. The van der Waals surface area contributed by atoms with Crippen LogP contribution in [0.3, 0.4) is 0 Å². The van der Waals surface area contributed by atoms with Gasteiger partial charge in [-0.05, 0) is 64.7 Å². The van der Waals surface area contributed by atoms with Gasteiger partial charge in [-0.1, -0.05) is 54.1 Å². The summed E-state index contributed by atoms with van der Waals surface area (Å²) in [7, 11) is 0.317. The van der Waals surface area contributed by atoms with Crippen LogP contribution in [0, 0.1) is 6.92 Å². The lowest BCUT2D eigenvalue weighted by Gasteiger charge is -2.03. The molecule has 158 valence electrons. The van der Waals surface area contributed by atoms with Gasteiger partial charge in [0.25, 0.3) is 0 Å². The Balaban J connectivity index is 0.000000176. The number of hydrogen-bond donors (Lipinski definition) is 2. The highest BCUT2D eigenvalue weighted by Gasteiger charge is 2.08. The number of rotatable bonds is 3. The Morgan fingerprint density at radius 2 is 1.52 bits per heavy atom. The van der Waals surface area contributed by atoms with Crippen LogP contribution < -0.4 is 10.2 Å². The fraction of sp³-hybridized carbons (Fsp3) is 0.0833. The Hall–Kier alpha value is -3.00. The summed E-state index contributed by atoms with van der Waals surface area (Å²) in [5.41, 5.74) is 3.61. The number of nitrogens with zero attached hydrogens (tertiary/aromatic N) is 2. The lowest BCUT2D eigenvalue weighted by molar-refractivity contribution is 0.415. The van der Waals surface area contributed by atoms with E-state index in [0.29, 0.717) is 5.46 Å². The normalized spacial score (nSPS) is 9.45. The van der Waals surface area contributed by atoms with Gasteiger partial charge in [0.05, 0.1) is 12.8 Å². The minimum atomic E-state index is -1.35. The van der Waals surface area contributed by atoms with Crippen molar-refractivity contribution < 1.29 is 14.8 Å². The van der Waals surface area contributed by atoms with E-state index in [2.05, 4.69) is 25.9 Å². The quantitative estimate of drug-likeness (QED) is 0.339. The van der Waals surface area contributed by atoms with Gasteiger partial charge in [0.1, 0.15) is 10.4 Å². The highest BCUT2D eigenvalue weighted by Crippen LogP contribution is 2.21. The zero-order valence-corrected chi connectivity index (χ0v) is 19.0. The van der Waals surface area contributed by atoms with Crippen molar-refractivity contribution >= 4 is 28.5 Å². The zero-order chi connectivity index (χ0) is 22.5. The monoisotopic (exact) mass is 478 g/mol. The first kappa shape index (κ1) is 24.3. The summed E-state index contributed by atoms with van der Waals surface area (Å²) >= 11 is 3.20. The third-order valence-corrected chi connectivity index (χ3v) is 4.47. The van der Waals surface area contributed by atoms with E-state index in [1.807, 2.05) is 73.7 Å². The molecule has 0 aliphatic rings. The minimum Gasteiger partial charge on any atom is -0.497 e. The molecule has 2 N–H and O–H groups in total. The van der Waals surface area contributed by atoms with E-state index in [1.54, 1.807) is 37.7 Å². The van der Waals surface area contributed by atoms with Crippen LogP contribution in [0.15, 0.2) is 102 Å². The third kappa shape index (κ3) is 9.13. The van der Waals surface area contributed by atoms with E-state index >= 15 is 0 Å². The minimum absolute atomic E-state index is 0.542. The molecule has 0 spiro atoms. The molecule has 0 atom stereocenters. The second-order valence-corrected chi connectivity index (χ2v) is 7.20. The van der Waals surface area contributed by atoms with Crippen molar-refractivity contribution in [3.05, 3.63) is 107 Å². The van der Waals surface area contributed by atoms with Crippen LogP contribution in [0.25, 0.3) is 11.3 Å². The van der Waals surface area contributed by atoms with Gasteiger partial charge in [-0.15, -0.1) is 0 Å². The lowest BCUT2D eigenvalue weighted by Crippen LogP contribution is -2.29. The van der Waals surface area contributed by atoms with Crippen LogP contribution in [0.1, 0.15) is 5.56 Å². The Morgan fingerprint density at radius 1 is 0.806 bits per heavy atom. The molecule has 4 aromatic rings. The number of hydrogen-bond acceptors (Lipinski definition) is 5. The molecular formula is C24H24BBrN2O3. The first-order valence-corrected chi connectivity index (χ1v) is 10.3. The van der Waals surface area contributed by atoms with E-state index in [-0.39, 0.29) is 0 Å². The van der Waals surface area contributed by atoms with Gasteiger partial charge < -0.3 is 14.8 Å². The molecule has 2 aromatic heterocycles. The van der Waals surface area contributed by atoms with Crippen LogP contribution in [-0.2, 0) is 0 Å². The fourth-order valence-corrected chi connectivity index (χ4v) is 2.76. The summed E-state index contributed by atoms with van der Waals surface area (Å²) in [5, 5.41) is 17.4. The highest BCUT2D eigenvalue weighted by molar-refractivity contribution is 9.10. The molecule has 7 heteroatoms. The second kappa shape index (κ2) is 13.3. The molecule has 0 unspecified atom stereocenters. The van der Waals surface area contributed by atoms with E-state index in [4.69, 9.17) is 14.8 Å². The zero-order valence-electron chi connectivity index (χ0n) is 17.4. The van der Waals surface area contributed by atoms with E-state index in [0.717, 1.165) is 27.2 Å². The van der Waals surface area contributed by atoms with Gasteiger partial charge in [-0.3, -0.25) is 4.98 Å². The van der Waals surface area contributed by atoms with Gasteiger partial charge in [0.15, 0.2) is 0 Å². The largest absolute Gasteiger partial charge is 0.497 e. The number of methoxy groups -OCH3 is 1. The highest BCUT2D eigenvalue weighted by atomic mass is 79.9. The molecule has 0 aliphatic heterocycles. The summed E-state index contributed by atoms with van der Waals surface area (Å²) in [4.78, 5) is 8.16. The molecule has 0 fully saturated rings. The van der Waals surface area contributed by atoms with Crippen LogP contribution in [0.4, 0.5) is 0 Å². The van der Waals surface area contributed by atoms with Gasteiger partial charge >= 0.3 is 7.12 Å². The molecule has 0 amide bonds. The molecule has 0 saturated carbocycles. The molecule has 5 nitrogen and oxygen atoms in total. The number of pyridine rings is 2. The fourth-order valence-electron chi connectivity index (χ4n) is 2.49. The second-order valence-electron chi connectivity index (χ2n) is 6.39. The van der Waals surface area contributed by atoms with Crippen molar-refractivity contribution in [3.8, 4) is 17.0 Å². The van der Waals surface area contributed by atoms with Crippen molar-refractivity contribution in [2.24, 2.45) is 0 Å². The third-order valence-electron chi connectivity index (χ3n) is 4.00. The maximum Gasteiger partial charge on any atom is 0.488 e. The average Bonchev–Trinajstić information content (AvgIpc) is 2.81. The first-order valence-electron chi connectivity index (χ1n) is 9.54. The smallest absolute Gasteiger partial charge is 0.488 e. The maximum absolute atomic E-state index is 8.70. The molecule has 0 saturated heterocycles. The van der Waals surface area contributed by atoms with Crippen molar-refractivity contribution in [2.75, 3.05) is 7.11 Å². The molecule has 2 heterocycles. The number of benzene rings is 2. The Kier molecular flexibility index (Phi) is 10.4. The summed E-state index contributed by atoms with van der Waals surface area (Å²) in [5.74, 6) is 0.855. The van der Waals surface area contributed by atoms with Gasteiger partial charge in [-0.2, -0.15) is 0 Å². The molecule has 0 bridgehead atoms. The molecular weight excluding hydrogens is 455 g/mol. The van der Waals surface area contributed by atoms with E-state index in [1.165, 1.54) is 0 Å². The standard InChI is InChI=1S/C12H11NO.C7H9BO2.C5H4BrN/c1-14-11-6-4-5-10(9-11)12-7-2-3-8-13-12;1-6-3-2-4-7(5-6)8(9)10;6-5-3-1-2-4-7-5/h2-9H,1H3;2-5,9-10H,1H3;1-4H. The molecule has 31 heavy (non-hydrogen) atoms. The predicted octanol–water partition coefficient (Wildman–Crippen LogP) is 4.28. The van der Waals surface area contributed by atoms with Crippen LogP contribution in [0.5, 0.6) is 5.75 Å². The van der Waals surface area contributed by atoms with Crippen molar-refractivity contribution in [2.45, 2.75) is 6.92 Å². The Morgan fingerprint density at radius 3 is 2.00 bits per heavy atom. The van der Waals surface area contributed by atoms with Crippen molar-refractivity contribution in [1.82, 2.24) is 9.97 Å². The SMILES string of the molecule is Brc1ccccn1.COc1cccc(-c2ccccn2)c1.Cc1cccc(B(O)O)c1. The van der Waals surface area contributed by atoms with Crippen LogP contribution in [0.2, 0.25) is 0 Å². The van der Waals surface area contributed by atoms with Crippen molar-refractivity contribution in [3.63, 3.8) is 0 Å². The first-order chi connectivity index (χ1) is 15.0. The van der Waals surface area contributed by atoms with E-state index < -0.39 is 7.12 Å². The molecule has 0 radical (unpaired) electrons. The van der Waals surface area contributed by atoms with E-state index in [9.17, 15) is 0 Å². The Bertz CT molecular complexity index is 1030. The molecule has 0 aliphatic carbocycles. The van der Waals surface area contributed by atoms with Crippen LogP contribution >= 0.6 is 15.9 Å². The molecule has 2 aromatic carbocycles. The average molecular weight is 479 g/mol. The van der Waals surface area contributed by atoms with Gasteiger partial charge in [0.2, 0.25) is 0 Å². The number of aryl methyl sites for hydroxylation is 1. The number of aromatic nitrogens is 2. The molecule has 4 rings (SSSR count). The number of ether oxygens (including phenoxy) is 1. The van der Waals surface area contributed by atoms with Crippen molar-refractivity contribution in [1.29, 1.82) is 0 Å². The van der Waals surface area contributed by atoms with Gasteiger partial charge in [-0.25, -0.2) is 4.98 Å². The predicted molar refractivity (Wildman–Crippen MR) is 129 cm³/mol.